The third kappa shape index (κ3) is 3.24. The summed E-state index contributed by atoms with van der Waals surface area (Å²) in [6.07, 6.45) is 1.20. The van der Waals surface area contributed by atoms with E-state index in [1.54, 1.807) is 17.9 Å². The van der Waals surface area contributed by atoms with Gasteiger partial charge in [-0.25, -0.2) is 4.79 Å². The molecule has 102 valence electrons. The van der Waals surface area contributed by atoms with Gasteiger partial charge in [-0.05, 0) is 38.0 Å². The van der Waals surface area contributed by atoms with E-state index in [-0.39, 0.29) is 17.2 Å². The van der Waals surface area contributed by atoms with Gasteiger partial charge in [-0.3, -0.25) is 4.79 Å². The van der Waals surface area contributed by atoms with Crippen LogP contribution in [0.3, 0.4) is 0 Å². The van der Waals surface area contributed by atoms with Crippen molar-refractivity contribution in [3.05, 3.63) is 29.8 Å². The van der Waals surface area contributed by atoms with Gasteiger partial charge < -0.3 is 14.7 Å². The Balaban J connectivity index is 1.96. The Bertz CT molecular complexity index is 480. The normalized spacial score (nSPS) is 16.2. The number of phenols is 1. The van der Waals surface area contributed by atoms with Crippen LogP contribution in [0.2, 0.25) is 0 Å². The maximum absolute atomic E-state index is 12.0. The SMILES string of the molecule is C[C@@H](OC(=O)c1cccc(O)c1)C(=O)N1CCCC1. The third-order valence-electron chi connectivity index (χ3n) is 3.13. The molecule has 2 rings (SSSR count). The number of nitrogens with zero attached hydrogens (tertiary/aromatic N) is 1. The van der Waals surface area contributed by atoms with E-state index in [1.165, 1.54) is 18.2 Å². The summed E-state index contributed by atoms with van der Waals surface area (Å²) in [6, 6.07) is 5.87. The lowest BCUT2D eigenvalue weighted by Crippen LogP contribution is -2.38. The van der Waals surface area contributed by atoms with Crippen molar-refractivity contribution in [2.75, 3.05) is 13.1 Å². The number of carbonyl (C=O) groups is 2. The Morgan fingerprint density at radius 3 is 2.63 bits per heavy atom. The summed E-state index contributed by atoms with van der Waals surface area (Å²) in [7, 11) is 0. The number of hydrogen-bond donors (Lipinski definition) is 1. The lowest BCUT2D eigenvalue weighted by atomic mass is 10.2. The van der Waals surface area contributed by atoms with E-state index in [2.05, 4.69) is 0 Å². The third-order valence-corrected chi connectivity index (χ3v) is 3.13. The van der Waals surface area contributed by atoms with Crippen LogP contribution >= 0.6 is 0 Å². The van der Waals surface area contributed by atoms with Crippen molar-refractivity contribution in [1.82, 2.24) is 4.90 Å². The number of esters is 1. The van der Waals surface area contributed by atoms with Crippen molar-refractivity contribution < 1.29 is 19.4 Å². The topological polar surface area (TPSA) is 66.8 Å². The summed E-state index contributed by atoms with van der Waals surface area (Å²) in [5, 5.41) is 9.29. The van der Waals surface area contributed by atoms with E-state index in [1.807, 2.05) is 0 Å². The van der Waals surface area contributed by atoms with Crippen LogP contribution in [0.5, 0.6) is 5.75 Å². The number of rotatable bonds is 3. The monoisotopic (exact) mass is 263 g/mol. The van der Waals surface area contributed by atoms with Gasteiger partial charge in [-0.15, -0.1) is 0 Å². The van der Waals surface area contributed by atoms with Gasteiger partial charge in [0.15, 0.2) is 6.10 Å². The number of amides is 1. The largest absolute Gasteiger partial charge is 0.508 e. The number of ether oxygens (including phenoxy) is 1. The molecule has 0 unspecified atom stereocenters. The van der Waals surface area contributed by atoms with Gasteiger partial charge in [0.1, 0.15) is 5.75 Å². The fourth-order valence-corrected chi connectivity index (χ4v) is 2.11. The molecule has 0 aliphatic carbocycles. The molecule has 1 aromatic carbocycles. The number of carbonyl (C=O) groups excluding carboxylic acids is 2. The second-order valence-electron chi connectivity index (χ2n) is 4.63. The van der Waals surface area contributed by atoms with Crippen LogP contribution in [-0.2, 0) is 9.53 Å². The molecule has 1 amide bonds. The molecule has 1 aliphatic rings. The van der Waals surface area contributed by atoms with Crippen molar-refractivity contribution in [1.29, 1.82) is 0 Å². The van der Waals surface area contributed by atoms with Crippen molar-refractivity contribution in [2.24, 2.45) is 0 Å². The highest BCUT2D eigenvalue weighted by Crippen LogP contribution is 2.14. The van der Waals surface area contributed by atoms with E-state index in [9.17, 15) is 14.7 Å². The van der Waals surface area contributed by atoms with Crippen LogP contribution in [0.15, 0.2) is 24.3 Å². The quantitative estimate of drug-likeness (QED) is 0.840. The number of hydrogen-bond acceptors (Lipinski definition) is 4. The average Bonchev–Trinajstić information content (AvgIpc) is 2.91. The molecule has 0 saturated carbocycles. The van der Waals surface area contributed by atoms with Gasteiger partial charge >= 0.3 is 5.97 Å². The predicted octanol–water partition coefficient (Wildman–Crippen LogP) is 1.56. The summed E-state index contributed by atoms with van der Waals surface area (Å²) in [6.45, 7) is 3.03. The van der Waals surface area contributed by atoms with Crippen LogP contribution in [0, 0.1) is 0 Å². The summed E-state index contributed by atoms with van der Waals surface area (Å²) in [5.74, 6) is -0.769. The Hall–Kier alpha value is -2.04. The lowest BCUT2D eigenvalue weighted by Gasteiger charge is -2.20. The Labute approximate surface area is 111 Å². The maximum atomic E-state index is 12.0. The highest BCUT2D eigenvalue weighted by molar-refractivity contribution is 5.92. The molecular weight excluding hydrogens is 246 g/mol. The first-order valence-corrected chi connectivity index (χ1v) is 6.37. The minimum absolute atomic E-state index is 0.00651. The Kier molecular flexibility index (Phi) is 4.04. The second kappa shape index (κ2) is 5.73. The summed E-state index contributed by atoms with van der Waals surface area (Å²) < 4.78 is 5.12. The molecule has 5 heteroatoms. The Morgan fingerprint density at radius 1 is 1.32 bits per heavy atom. The van der Waals surface area contributed by atoms with Crippen molar-refractivity contribution in [2.45, 2.75) is 25.9 Å². The van der Waals surface area contributed by atoms with Gasteiger partial charge in [-0.1, -0.05) is 6.07 Å². The van der Waals surface area contributed by atoms with Crippen molar-refractivity contribution in [3.63, 3.8) is 0 Å². The fraction of sp³-hybridized carbons (Fsp3) is 0.429. The molecule has 5 nitrogen and oxygen atoms in total. The van der Waals surface area contributed by atoms with E-state index in [4.69, 9.17) is 4.74 Å². The molecule has 0 bridgehead atoms. The average molecular weight is 263 g/mol. The van der Waals surface area contributed by atoms with Crippen LogP contribution in [0.1, 0.15) is 30.1 Å². The van der Waals surface area contributed by atoms with Gasteiger partial charge in [-0.2, -0.15) is 0 Å². The van der Waals surface area contributed by atoms with E-state index < -0.39 is 12.1 Å². The van der Waals surface area contributed by atoms with Crippen LogP contribution in [0.25, 0.3) is 0 Å². The zero-order chi connectivity index (χ0) is 13.8. The summed E-state index contributed by atoms with van der Waals surface area (Å²) in [4.78, 5) is 25.5. The summed E-state index contributed by atoms with van der Waals surface area (Å²) >= 11 is 0. The molecular formula is C14H17NO4. The molecule has 19 heavy (non-hydrogen) atoms. The van der Waals surface area contributed by atoms with Gasteiger partial charge in [0.25, 0.3) is 5.91 Å². The van der Waals surface area contributed by atoms with Crippen LogP contribution in [0.4, 0.5) is 0 Å². The first kappa shape index (κ1) is 13.4. The molecule has 0 spiro atoms. The standard InChI is InChI=1S/C14H17NO4/c1-10(13(17)15-7-2-3-8-15)19-14(18)11-5-4-6-12(16)9-11/h4-6,9-10,16H,2-3,7-8H2,1H3/t10-/m1/s1. The van der Waals surface area contributed by atoms with Crippen LogP contribution < -0.4 is 0 Å². The number of aromatic hydroxyl groups is 1. The van der Waals surface area contributed by atoms with Crippen LogP contribution in [-0.4, -0.2) is 41.1 Å². The smallest absolute Gasteiger partial charge is 0.339 e. The molecule has 1 fully saturated rings. The van der Waals surface area contributed by atoms with E-state index >= 15 is 0 Å². The number of likely N-dealkylation sites (tertiary alicyclic amines) is 1. The molecule has 1 aliphatic heterocycles. The van der Waals surface area contributed by atoms with Gasteiger partial charge in [0.2, 0.25) is 0 Å². The second-order valence-corrected chi connectivity index (χ2v) is 4.63. The van der Waals surface area contributed by atoms with Gasteiger partial charge in [0, 0.05) is 13.1 Å². The highest BCUT2D eigenvalue weighted by atomic mass is 16.5. The summed E-state index contributed by atoms with van der Waals surface area (Å²) in [5.41, 5.74) is 0.237. The first-order valence-electron chi connectivity index (χ1n) is 6.37. The lowest BCUT2D eigenvalue weighted by molar-refractivity contribution is -0.138. The zero-order valence-corrected chi connectivity index (χ0v) is 10.8. The molecule has 1 heterocycles. The molecule has 1 aromatic rings. The minimum atomic E-state index is -0.798. The molecule has 0 radical (unpaired) electrons. The Morgan fingerprint density at radius 2 is 2.00 bits per heavy atom. The number of benzene rings is 1. The molecule has 1 N–H and O–H groups in total. The molecule has 0 aromatic heterocycles. The van der Waals surface area contributed by atoms with Gasteiger partial charge in [0.05, 0.1) is 5.56 Å². The number of phenolic OH excluding ortho intramolecular Hbond substituents is 1. The van der Waals surface area contributed by atoms with E-state index in [0.717, 1.165) is 25.9 Å². The maximum Gasteiger partial charge on any atom is 0.339 e. The molecule has 1 atom stereocenters. The first-order chi connectivity index (χ1) is 9.08. The highest BCUT2D eigenvalue weighted by Gasteiger charge is 2.26. The van der Waals surface area contributed by atoms with Crippen molar-refractivity contribution >= 4 is 11.9 Å². The molecule has 1 saturated heterocycles. The fourth-order valence-electron chi connectivity index (χ4n) is 2.11. The zero-order valence-electron chi connectivity index (χ0n) is 10.8. The van der Waals surface area contributed by atoms with Crippen molar-refractivity contribution in [3.8, 4) is 5.75 Å². The van der Waals surface area contributed by atoms with E-state index in [0.29, 0.717) is 0 Å². The predicted molar refractivity (Wildman–Crippen MR) is 68.8 cm³/mol. The minimum Gasteiger partial charge on any atom is -0.508 e.